The highest BCUT2D eigenvalue weighted by Gasteiger charge is 2.31. The molecule has 0 aliphatic rings. The number of ether oxygens (including phenoxy) is 1. The summed E-state index contributed by atoms with van der Waals surface area (Å²) >= 11 is 0.995. The fraction of sp³-hybridized carbons (Fsp3) is 0.276. The Labute approximate surface area is 230 Å². The molecule has 39 heavy (non-hydrogen) atoms. The van der Waals surface area contributed by atoms with Gasteiger partial charge < -0.3 is 15.2 Å². The smallest absolute Gasteiger partial charge is 0.329 e. The number of nitro groups is 1. The highest BCUT2D eigenvalue weighted by atomic mass is 32.2. The van der Waals surface area contributed by atoms with Gasteiger partial charge >= 0.3 is 5.97 Å². The maximum Gasteiger partial charge on any atom is 0.329 e. The molecule has 3 aromatic rings. The predicted molar refractivity (Wildman–Crippen MR) is 148 cm³/mol. The van der Waals surface area contributed by atoms with Crippen molar-refractivity contribution in [3.8, 4) is 5.75 Å². The number of nitrogens with zero attached hydrogens (tertiary/aromatic N) is 1. The van der Waals surface area contributed by atoms with Gasteiger partial charge in [0, 0.05) is 31.2 Å². The van der Waals surface area contributed by atoms with E-state index in [4.69, 9.17) is 4.74 Å². The fourth-order valence-corrected chi connectivity index (χ4v) is 4.81. The molecule has 2 unspecified atom stereocenters. The molecule has 3 rings (SSSR count). The van der Waals surface area contributed by atoms with Gasteiger partial charge in [0.05, 0.1) is 10.8 Å². The maximum absolute atomic E-state index is 13.6. The Bertz CT molecular complexity index is 1280. The van der Waals surface area contributed by atoms with Crippen molar-refractivity contribution >= 4 is 34.4 Å². The Morgan fingerprint density at radius 3 is 2.21 bits per heavy atom. The van der Waals surface area contributed by atoms with Crippen LogP contribution in [0.25, 0.3) is 0 Å². The number of carbonyl (C=O) groups is 3. The molecule has 204 valence electrons. The van der Waals surface area contributed by atoms with Crippen LogP contribution in [0.2, 0.25) is 0 Å². The van der Waals surface area contributed by atoms with Crippen molar-refractivity contribution in [3.05, 3.63) is 106 Å². The first-order chi connectivity index (χ1) is 18.6. The average molecular weight is 551 g/mol. The first kappa shape index (κ1) is 29.4. The molecule has 0 aliphatic heterocycles. The van der Waals surface area contributed by atoms with Crippen LogP contribution in [0, 0.1) is 16.0 Å². The minimum absolute atomic E-state index is 0.0322. The third-order valence-corrected chi connectivity index (χ3v) is 7.17. The van der Waals surface area contributed by atoms with E-state index in [2.05, 4.69) is 5.32 Å². The van der Waals surface area contributed by atoms with Gasteiger partial charge in [-0.25, -0.2) is 4.79 Å². The van der Waals surface area contributed by atoms with Crippen LogP contribution in [-0.4, -0.2) is 38.8 Å². The summed E-state index contributed by atoms with van der Waals surface area (Å²) in [6.45, 7) is 3.24. The SMILES string of the molecule is CC(=O)SCC(C(=O)N[C@@H](Cc1ccc(O)cc1)C(=O)OCc1ccccc1)C(C)c1ccc([N+](=O)[O-])cc1. The molecule has 0 heterocycles. The Kier molecular flexibility index (Phi) is 10.6. The predicted octanol–water partition coefficient (Wildman–Crippen LogP) is 4.77. The topological polar surface area (TPSA) is 136 Å². The van der Waals surface area contributed by atoms with Gasteiger partial charge in [-0.05, 0) is 34.7 Å². The normalized spacial score (nSPS) is 13.1. The number of rotatable bonds is 12. The van der Waals surface area contributed by atoms with Crippen molar-refractivity contribution in [1.82, 2.24) is 5.32 Å². The van der Waals surface area contributed by atoms with Gasteiger partial charge in [-0.1, -0.05) is 73.3 Å². The summed E-state index contributed by atoms with van der Waals surface area (Å²) < 4.78 is 5.52. The van der Waals surface area contributed by atoms with Crippen LogP contribution in [0.1, 0.15) is 36.5 Å². The molecule has 2 N–H and O–H groups in total. The lowest BCUT2D eigenvalue weighted by molar-refractivity contribution is -0.384. The van der Waals surface area contributed by atoms with Crippen LogP contribution in [0.15, 0.2) is 78.9 Å². The lowest BCUT2D eigenvalue weighted by Gasteiger charge is -2.26. The number of amides is 1. The number of esters is 1. The molecular weight excluding hydrogens is 520 g/mol. The Hall–Kier alpha value is -4.18. The zero-order chi connectivity index (χ0) is 28.4. The van der Waals surface area contributed by atoms with Crippen molar-refractivity contribution in [2.24, 2.45) is 5.92 Å². The van der Waals surface area contributed by atoms with Crippen molar-refractivity contribution in [2.45, 2.75) is 38.8 Å². The molecule has 3 aromatic carbocycles. The summed E-state index contributed by atoms with van der Waals surface area (Å²) in [4.78, 5) is 49.0. The summed E-state index contributed by atoms with van der Waals surface area (Å²) in [7, 11) is 0. The lowest BCUT2D eigenvalue weighted by atomic mass is 9.87. The average Bonchev–Trinajstić information content (AvgIpc) is 2.93. The Balaban J connectivity index is 1.82. The molecule has 0 saturated carbocycles. The Morgan fingerprint density at radius 2 is 1.62 bits per heavy atom. The summed E-state index contributed by atoms with van der Waals surface area (Å²) in [5, 5.41) is 23.3. The van der Waals surface area contributed by atoms with Gasteiger partial charge in [-0.3, -0.25) is 19.7 Å². The molecule has 0 radical (unpaired) electrons. The standard InChI is InChI=1S/C29H30N2O7S/c1-19(23-10-12-24(13-11-23)31(36)37)26(18-39-20(2)32)28(34)30-27(16-21-8-14-25(33)15-9-21)29(35)38-17-22-6-4-3-5-7-22/h3-15,19,26-27,33H,16-18H2,1-2H3,(H,30,34)/t19?,26?,27-/m0/s1. The van der Waals surface area contributed by atoms with E-state index in [1.165, 1.54) is 31.2 Å². The molecule has 0 fully saturated rings. The van der Waals surface area contributed by atoms with E-state index in [0.717, 1.165) is 17.3 Å². The molecule has 0 aliphatic carbocycles. The molecular formula is C29H30N2O7S. The van der Waals surface area contributed by atoms with E-state index in [1.54, 1.807) is 31.2 Å². The Morgan fingerprint density at radius 1 is 0.974 bits per heavy atom. The van der Waals surface area contributed by atoms with E-state index in [9.17, 15) is 29.6 Å². The minimum atomic E-state index is -1.03. The summed E-state index contributed by atoms with van der Waals surface area (Å²) in [5.41, 5.74) is 2.11. The second-order valence-corrected chi connectivity index (χ2v) is 10.3. The van der Waals surface area contributed by atoms with Crippen LogP contribution in [0.5, 0.6) is 5.75 Å². The molecule has 0 saturated heterocycles. The van der Waals surface area contributed by atoms with Gasteiger partial charge in [0.15, 0.2) is 5.12 Å². The van der Waals surface area contributed by atoms with Crippen LogP contribution in [0.4, 0.5) is 5.69 Å². The number of nitro benzene ring substituents is 1. The molecule has 0 bridgehead atoms. The van der Waals surface area contributed by atoms with Crippen molar-refractivity contribution < 1.29 is 29.2 Å². The number of thioether (sulfide) groups is 1. The fourth-order valence-electron chi connectivity index (χ4n) is 3.96. The van der Waals surface area contributed by atoms with Crippen LogP contribution >= 0.6 is 11.8 Å². The number of hydrogen-bond donors (Lipinski definition) is 2. The van der Waals surface area contributed by atoms with Crippen LogP contribution in [0.3, 0.4) is 0 Å². The second-order valence-electron chi connectivity index (χ2n) is 9.07. The van der Waals surface area contributed by atoms with E-state index in [0.29, 0.717) is 11.1 Å². The van der Waals surface area contributed by atoms with Gasteiger partial charge in [0.2, 0.25) is 5.91 Å². The summed E-state index contributed by atoms with van der Waals surface area (Å²) in [6.07, 6.45) is 0.123. The monoisotopic (exact) mass is 550 g/mol. The number of benzene rings is 3. The van der Waals surface area contributed by atoms with Gasteiger partial charge in [0.1, 0.15) is 18.4 Å². The molecule has 9 nitrogen and oxygen atoms in total. The minimum Gasteiger partial charge on any atom is -0.508 e. The van der Waals surface area contributed by atoms with Crippen LogP contribution in [-0.2, 0) is 32.1 Å². The number of non-ortho nitro benzene ring substituents is 1. The van der Waals surface area contributed by atoms with Gasteiger partial charge in [0.25, 0.3) is 5.69 Å². The first-order valence-corrected chi connectivity index (χ1v) is 13.3. The molecule has 3 atom stereocenters. The molecule has 10 heteroatoms. The third kappa shape index (κ3) is 8.96. The summed E-state index contributed by atoms with van der Waals surface area (Å²) in [6, 6.07) is 20.3. The van der Waals surface area contributed by atoms with E-state index >= 15 is 0 Å². The van der Waals surface area contributed by atoms with E-state index in [1.807, 2.05) is 30.3 Å². The molecule has 0 spiro atoms. The van der Waals surface area contributed by atoms with Crippen molar-refractivity contribution in [3.63, 3.8) is 0 Å². The quantitative estimate of drug-likeness (QED) is 0.187. The molecule has 1 amide bonds. The van der Waals surface area contributed by atoms with E-state index in [-0.39, 0.29) is 35.3 Å². The first-order valence-electron chi connectivity index (χ1n) is 12.3. The third-order valence-electron chi connectivity index (χ3n) is 6.24. The number of carbonyl (C=O) groups excluding carboxylic acids is 3. The number of aromatic hydroxyl groups is 1. The van der Waals surface area contributed by atoms with Crippen molar-refractivity contribution in [2.75, 3.05) is 5.75 Å². The van der Waals surface area contributed by atoms with Crippen molar-refractivity contribution in [1.29, 1.82) is 0 Å². The van der Waals surface area contributed by atoms with Gasteiger partial charge in [-0.2, -0.15) is 0 Å². The van der Waals surface area contributed by atoms with Gasteiger partial charge in [-0.15, -0.1) is 0 Å². The number of phenolic OH excluding ortho intramolecular Hbond substituents is 1. The highest BCUT2D eigenvalue weighted by molar-refractivity contribution is 8.13. The number of phenols is 1. The highest BCUT2D eigenvalue weighted by Crippen LogP contribution is 2.29. The van der Waals surface area contributed by atoms with Crippen LogP contribution < -0.4 is 5.32 Å². The van der Waals surface area contributed by atoms with E-state index < -0.39 is 34.7 Å². The number of nitrogens with one attached hydrogen (secondary N) is 1. The molecule has 0 aromatic heterocycles. The lowest BCUT2D eigenvalue weighted by Crippen LogP contribution is -2.47. The zero-order valence-electron chi connectivity index (χ0n) is 21.6. The largest absolute Gasteiger partial charge is 0.508 e. The number of hydrogen-bond acceptors (Lipinski definition) is 8. The maximum atomic E-state index is 13.6. The summed E-state index contributed by atoms with van der Waals surface area (Å²) in [5.74, 6) is -1.97. The second kappa shape index (κ2) is 14.1. The zero-order valence-corrected chi connectivity index (χ0v) is 22.4.